The van der Waals surface area contributed by atoms with Crippen molar-refractivity contribution < 1.29 is 27.8 Å². The van der Waals surface area contributed by atoms with E-state index in [9.17, 15) is 18.4 Å². The molecule has 27 heavy (non-hydrogen) atoms. The Morgan fingerprint density at radius 2 is 1.81 bits per heavy atom. The molecule has 0 aliphatic carbocycles. The van der Waals surface area contributed by atoms with Crippen molar-refractivity contribution in [3.63, 3.8) is 0 Å². The standard InChI is InChI=1S/C19H18F2N2O4/c1-26-15-3-4-17(27-2)16(9-15)23-10-11(5-18(23)24)19(25)22-14-7-12(20)6-13(21)8-14/h3-4,6-9,11H,5,10H2,1-2H3,(H,22,25)/t11-/m0/s1. The van der Waals surface area contributed by atoms with Crippen molar-refractivity contribution in [1.82, 2.24) is 0 Å². The Balaban J connectivity index is 1.78. The lowest BCUT2D eigenvalue weighted by Gasteiger charge is -2.20. The van der Waals surface area contributed by atoms with E-state index >= 15 is 0 Å². The fourth-order valence-corrected chi connectivity index (χ4v) is 2.99. The van der Waals surface area contributed by atoms with Crippen LogP contribution in [0.15, 0.2) is 36.4 Å². The largest absolute Gasteiger partial charge is 0.497 e. The van der Waals surface area contributed by atoms with E-state index in [0.29, 0.717) is 23.3 Å². The van der Waals surface area contributed by atoms with Gasteiger partial charge in [0.05, 0.1) is 25.8 Å². The number of amides is 2. The monoisotopic (exact) mass is 376 g/mol. The molecule has 8 heteroatoms. The predicted molar refractivity (Wildman–Crippen MR) is 95.0 cm³/mol. The number of nitrogens with zero attached hydrogens (tertiary/aromatic N) is 1. The van der Waals surface area contributed by atoms with Gasteiger partial charge >= 0.3 is 0 Å². The van der Waals surface area contributed by atoms with E-state index in [0.717, 1.165) is 12.1 Å². The van der Waals surface area contributed by atoms with Crippen LogP contribution in [-0.2, 0) is 9.59 Å². The lowest BCUT2D eigenvalue weighted by molar-refractivity contribution is -0.122. The molecule has 1 heterocycles. The molecule has 6 nitrogen and oxygen atoms in total. The van der Waals surface area contributed by atoms with Crippen molar-refractivity contribution in [2.24, 2.45) is 5.92 Å². The minimum Gasteiger partial charge on any atom is -0.497 e. The minimum absolute atomic E-state index is 0.00219. The lowest BCUT2D eigenvalue weighted by atomic mass is 10.1. The molecule has 1 fully saturated rings. The van der Waals surface area contributed by atoms with Crippen molar-refractivity contribution in [2.45, 2.75) is 6.42 Å². The van der Waals surface area contributed by atoms with Gasteiger partial charge in [-0.05, 0) is 24.3 Å². The van der Waals surface area contributed by atoms with Crippen molar-refractivity contribution in [1.29, 1.82) is 0 Å². The van der Waals surface area contributed by atoms with Crippen LogP contribution < -0.4 is 19.7 Å². The number of anilines is 2. The fourth-order valence-electron chi connectivity index (χ4n) is 2.99. The van der Waals surface area contributed by atoms with Crippen LogP contribution in [-0.4, -0.2) is 32.6 Å². The molecule has 0 spiro atoms. The topological polar surface area (TPSA) is 67.9 Å². The second kappa shape index (κ2) is 7.61. The number of hydrogen-bond donors (Lipinski definition) is 1. The number of carbonyl (C=O) groups excluding carboxylic acids is 2. The van der Waals surface area contributed by atoms with Crippen LogP contribution >= 0.6 is 0 Å². The van der Waals surface area contributed by atoms with E-state index in [4.69, 9.17) is 9.47 Å². The highest BCUT2D eigenvalue weighted by Gasteiger charge is 2.36. The van der Waals surface area contributed by atoms with Gasteiger partial charge in [0.1, 0.15) is 23.1 Å². The highest BCUT2D eigenvalue weighted by Crippen LogP contribution is 2.36. The smallest absolute Gasteiger partial charge is 0.229 e. The van der Waals surface area contributed by atoms with E-state index in [1.807, 2.05) is 0 Å². The van der Waals surface area contributed by atoms with Crippen LogP contribution in [0.5, 0.6) is 11.5 Å². The van der Waals surface area contributed by atoms with Gasteiger partial charge in [-0.15, -0.1) is 0 Å². The molecule has 0 radical (unpaired) electrons. The van der Waals surface area contributed by atoms with Crippen LogP contribution in [0.2, 0.25) is 0 Å². The van der Waals surface area contributed by atoms with E-state index in [1.54, 1.807) is 18.2 Å². The fraction of sp³-hybridized carbons (Fsp3) is 0.263. The Kier molecular flexibility index (Phi) is 5.25. The first-order valence-corrected chi connectivity index (χ1v) is 8.20. The van der Waals surface area contributed by atoms with E-state index in [2.05, 4.69) is 5.32 Å². The summed E-state index contributed by atoms with van der Waals surface area (Å²) in [5.74, 6) is -1.99. The number of methoxy groups -OCH3 is 2. The normalized spacial score (nSPS) is 16.4. The Labute approximate surface area is 154 Å². The average Bonchev–Trinajstić information content (AvgIpc) is 3.02. The van der Waals surface area contributed by atoms with Crippen molar-refractivity contribution in [3.05, 3.63) is 48.0 Å². The molecule has 1 N–H and O–H groups in total. The molecule has 2 aromatic carbocycles. The molecule has 142 valence electrons. The zero-order chi connectivity index (χ0) is 19.6. The molecule has 0 unspecified atom stereocenters. The van der Waals surface area contributed by atoms with Crippen LogP contribution in [0.25, 0.3) is 0 Å². The number of nitrogens with one attached hydrogen (secondary N) is 1. The van der Waals surface area contributed by atoms with Gasteiger partial charge in [-0.25, -0.2) is 8.78 Å². The highest BCUT2D eigenvalue weighted by atomic mass is 19.1. The zero-order valence-corrected chi connectivity index (χ0v) is 14.8. The zero-order valence-electron chi connectivity index (χ0n) is 14.8. The third-order valence-corrected chi connectivity index (χ3v) is 4.30. The van der Waals surface area contributed by atoms with Gasteiger partial charge in [0.2, 0.25) is 11.8 Å². The first-order chi connectivity index (χ1) is 12.9. The van der Waals surface area contributed by atoms with Crippen LogP contribution in [0.4, 0.5) is 20.2 Å². The molecular formula is C19H18F2N2O4. The third-order valence-electron chi connectivity index (χ3n) is 4.30. The number of carbonyl (C=O) groups is 2. The quantitative estimate of drug-likeness (QED) is 0.871. The SMILES string of the molecule is COc1ccc(OC)c(N2C[C@@H](C(=O)Nc3cc(F)cc(F)c3)CC2=O)c1. The summed E-state index contributed by atoms with van der Waals surface area (Å²) >= 11 is 0. The molecule has 0 aromatic heterocycles. The van der Waals surface area contributed by atoms with E-state index in [-0.39, 0.29) is 24.6 Å². The minimum atomic E-state index is -0.796. The van der Waals surface area contributed by atoms with E-state index < -0.39 is 23.5 Å². The van der Waals surface area contributed by atoms with Gasteiger partial charge in [0.15, 0.2) is 0 Å². The Morgan fingerprint density at radius 3 is 2.44 bits per heavy atom. The molecule has 2 amide bonds. The number of halogens is 2. The number of benzene rings is 2. The first kappa shape index (κ1) is 18.6. The average molecular weight is 376 g/mol. The molecular weight excluding hydrogens is 358 g/mol. The molecule has 3 rings (SSSR count). The highest BCUT2D eigenvalue weighted by molar-refractivity contribution is 6.04. The Hall–Kier alpha value is -3.16. The van der Waals surface area contributed by atoms with Crippen molar-refractivity contribution in [3.8, 4) is 11.5 Å². The van der Waals surface area contributed by atoms with Crippen LogP contribution in [0.3, 0.4) is 0 Å². The molecule has 2 aromatic rings. The summed E-state index contributed by atoms with van der Waals surface area (Å²) in [5, 5.41) is 2.46. The van der Waals surface area contributed by atoms with Gasteiger partial charge in [-0.2, -0.15) is 0 Å². The number of ether oxygens (including phenoxy) is 2. The van der Waals surface area contributed by atoms with Gasteiger partial charge < -0.3 is 19.7 Å². The Bertz CT molecular complexity index is 868. The Morgan fingerprint density at radius 1 is 1.11 bits per heavy atom. The number of hydrogen-bond acceptors (Lipinski definition) is 4. The van der Waals surface area contributed by atoms with Gasteiger partial charge in [0, 0.05) is 30.8 Å². The van der Waals surface area contributed by atoms with E-state index in [1.165, 1.54) is 19.1 Å². The molecule has 1 aliphatic rings. The molecule has 1 aliphatic heterocycles. The summed E-state index contributed by atoms with van der Waals surface area (Å²) in [6, 6.07) is 7.77. The molecule has 1 saturated heterocycles. The van der Waals surface area contributed by atoms with Gasteiger partial charge in [-0.1, -0.05) is 0 Å². The first-order valence-electron chi connectivity index (χ1n) is 8.20. The number of rotatable bonds is 5. The maximum atomic E-state index is 13.3. The summed E-state index contributed by atoms with van der Waals surface area (Å²) in [6.45, 7) is 0.117. The summed E-state index contributed by atoms with van der Waals surface area (Å²) in [4.78, 5) is 26.3. The second-order valence-corrected chi connectivity index (χ2v) is 6.09. The van der Waals surface area contributed by atoms with Gasteiger partial charge in [0.25, 0.3) is 0 Å². The maximum Gasteiger partial charge on any atom is 0.229 e. The van der Waals surface area contributed by atoms with Crippen LogP contribution in [0.1, 0.15) is 6.42 Å². The van der Waals surface area contributed by atoms with Gasteiger partial charge in [-0.3, -0.25) is 9.59 Å². The summed E-state index contributed by atoms with van der Waals surface area (Å²) in [6.07, 6.45) is -0.0238. The third kappa shape index (κ3) is 3.99. The van der Waals surface area contributed by atoms with Crippen molar-refractivity contribution >= 4 is 23.2 Å². The summed E-state index contributed by atoms with van der Waals surface area (Å²) in [5.41, 5.74) is 0.497. The lowest BCUT2D eigenvalue weighted by Crippen LogP contribution is -2.28. The van der Waals surface area contributed by atoms with Crippen LogP contribution in [0, 0.1) is 17.6 Å². The summed E-state index contributed by atoms with van der Waals surface area (Å²) < 4.78 is 37.0. The maximum absolute atomic E-state index is 13.3. The molecule has 0 bridgehead atoms. The predicted octanol–water partition coefficient (Wildman–Crippen LogP) is 2.97. The summed E-state index contributed by atoms with van der Waals surface area (Å²) in [7, 11) is 2.99. The van der Waals surface area contributed by atoms with Crippen molar-refractivity contribution in [2.75, 3.05) is 31.0 Å². The molecule has 1 atom stereocenters. The second-order valence-electron chi connectivity index (χ2n) is 6.09. The molecule has 0 saturated carbocycles.